The molecule has 0 spiro atoms. The molecule has 0 amide bonds. The summed E-state index contributed by atoms with van der Waals surface area (Å²) in [5.74, 6) is 0. The average Bonchev–Trinajstić information content (AvgIpc) is 3.03. The molecule has 1 fully saturated rings. The molecule has 0 atom stereocenters. The SMILES string of the molecule is O=c1cc2c(cn1CCc1ccccc1)CN(S(=O)(=O)N1CCCCCC1)CC2. The van der Waals surface area contributed by atoms with E-state index in [9.17, 15) is 13.2 Å². The first-order valence-electron chi connectivity index (χ1n) is 10.6. The highest BCUT2D eigenvalue weighted by Gasteiger charge is 2.32. The minimum atomic E-state index is -3.45. The van der Waals surface area contributed by atoms with Crippen molar-refractivity contribution in [3.8, 4) is 0 Å². The Morgan fingerprint density at radius 2 is 1.59 bits per heavy atom. The van der Waals surface area contributed by atoms with Crippen molar-refractivity contribution in [1.82, 2.24) is 13.2 Å². The van der Waals surface area contributed by atoms with Gasteiger partial charge in [-0.15, -0.1) is 0 Å². The molecule has 29 heavy (non-hydrogen) atoms. The van der Waals surface area contributed by atoms with E-state index in [1.165, 1.54) is 5.56 Å². The quantitative estimate of drug-likeness (QED) is 0.754. The molecule has 2 aliphatic rings. The fraction of sp³-hybridized carbons (Fsp3) is 0.500. The number of fused-ring (bicyclic) bond motifs is 1. The molecule has 1 aromatic carbocycles. The average molecular weight is 416 g/mol. The van der Waals surface area contributed by atoms with E-state index < -0.39 is 10.2 Å². The number of benzene rings is 1. The molecule has 0 aliphatic carbocycles. The van der Waals surface area contributed by atoms with Gasteiger partial charge in [-0.1, -0.05) is 43.2 Å². The maximum absolute atomic E-state index is 13.1. The van der Waals surface area contributed by atoms with Crippen molar-refractivity contribution >= 4 is 10.2 Å². The third kappa shape index (κ3) is 4.63. The molecule has 7 heteroatoms. The predicted octanol–water partition coefficient (Wildman–Crippen LogP) is 2.57. The van der Waals surface area contributed by atoms with Gasteiger partial charge in [-0.2, -0.15) is 17.0 Å². The Morgan fingerprint density at radius 1 is 0.862 bits per heavy atom. The van der Waals surface area contributed by atoms with Gasteiger partial charge in [0.1, 0.15) is 0 Å². The fourth-order valence-corrected chi connectivity index (χ4v) is 5.92. The zero-order valence-corrected chi connectivity index (χ0v) is 17.6. The number of hydrogen-bond acceptors (Lipinski definition) is 3. The predicted molar refractivity (Wildman–Crippen MR) is 114 cm³/mol. The van der Waals surface area contributed by atoms with Gasteiger partial charge >= 0.3 is 0 Å². The second-order valence-electron chi connectivity index (χ2n) is 8.00. The zero-order chi connectivity index (χ0) is 20.3. The molecule has 1 aromatic heterocycles. The number of aromatic nitrogens is 1. The van der Waals surface area contributed by atoms with Gasteiger partial charge in [0, 0.05) is 45.0 Å². The Kier molecular flexibility index (Phi) is 6.18. The monoisotopic (exact) mass is 415 g/mol. The van der Waals surface area contributed by atoms with Crippen molar-refractivity contribution in [3.63, 3.8) is 0 Å². The Balaban J connectivity index is 1.51. The Hall–Kier alpha value is -1.96. The van der Waals surface area contributed by atoms with Crippen LogP contribution in [0.2, 0.25) is 0 Å². The molecular weight excluding hydrogens is 386 g/mol. The molecule has 0 unspecified atom stereocenters. The van der Waals surface area contributed by atoms with Crippen molar-refractivity contribution in [2.24, 2.45) is 0 Å². The molecule has 2 aliphatic heterocycles. The second-order valence-corrected chi connectivity index (χ2v) is 9.92. The van der Waals surface area contributed by atoms with Crippen molar-refractivity contribution in [1.29, 1.82) is 0 Å². The topological polar surface area (TPSA) is 62.6 Å². The van der Waals surface area contributed by atoms with Gasteiger partial charge in [0.15, 0.2) is 0 Å². The van der Waals surface area contributed by atoms with E-state index in [0.717, 1.165) is 43.2 Å². The van der Waals surface area contributed by atoms with Crippen LogP contribution in [-0.2, 0) is 36.1 Å². The molecule has 3 heterocycles. The number of pyridine rings is 1. The van der Waals surface area contributed by atoms with Crippen LogP contribution < -0.4 is 5.56 Å². The molecule has 2 aromatic rings. The van der Waals surface area contributed by atoms with Gasteiger partial charge in [-0.25, -0.2) is 0 Å². The van der Waals surface area contributed by atoms with Crippen LogP contribution in [0.15, 0.2) is 47.4 Å². The van der Waals surface area contributed by atoms with E-state index >= 15 is 0 Å². The van der Waals surface area contributed by atoms with E-state index in [-0.39, 0.29) is 5.56 Å². The lowest BCUT2D eigenvalue weighted by molar-refractivity contribution is 0.327. The first-order chi connectivity index (χ1) is 14.0. The molecule has 156 valence electrons. The highest BCUT2D eigenvalue weighted by Crippen LogP contribution is 2.23. The van der Waals surface area contributed by atoms with Gasteiger partial charge in [0.25, 0.3) is 15.8 Å². The molecule has 0 N–H and O–H groups in total. The minimum absolute atomic E-state index is 0.0106. The van der Waals surface area contributed by atoms with Gasteiger partial charge in [0.05, 0.1) is 0 Å². The van der Waals surface area contributed by atoms with Gasteiger partial charge in [-0.3, -0.25) is 4.79 Å². The van der Waals surface area contributed by atoms with Crippen LogP contribution in [0, 0.1) is 0 Å². The third-order valence-corrected chi connectivity index (χ3v) is 7.97. The smallest absolute Gasteiger partial charge is 0.282 e. The van der Waals surface area contributed by atoms with Crippen molar-refractivity contribution in [2.75, 3.05) is 19.6 Å². The van der Waals surface area contributed by atoms with Crippen LogP contribution in [-0.4, -0.2) is 41.2 Å². The normalized spacial score (nSPS) is 18.9. The van der Waals surface area contributed by atoms with Crippen molar-refractivity contribution in [3.05, 3.63) is 69.6 Å². The molecule has 0 saturated carbocycles. The molecule has 4 rings (SSSR count). The second kappa shape index (κ2) is 8.81. The maximum Gasteiger partial charge on any atom is 0.282 e. The van der Waals surface area contributed by atoms with E-state index in [2.05, 4.69) is 12.1 Å². The summed E-state index contributed by atoms with van der Waals surface area (Å²) in [6, 6.07) is 11.8. The van der Waals surface area contributed by atoms with Gasteiger partial charge in [0.2, 0.25) is 0 Å². The maximum atomic E-state index is 13.1. The van der Waals surface area contributed by atoms with Crippen LogP contribution in [0.3, 0.4) is 0 Å². The first-order valence-corrected chi connectivity index (χ1v) is 11.9. The van der Waals surface area contributed by atoms with Gasteiger partial charge in [-0.05, 0) is 42.4 Å². The van der Waals surface area contributed by atoms with E-state index in [0.29, 0.717) is 39.1 Å². The first kappa shape index (κ1) is 20.3. The Labute approximate surface area is 172 Å². The number of rotatable bonds is 5. The van der Waals surface area contributed by atoms with Crippen molar-refractivity contribution < 1.29 is 8.42 Å². The lowest BCUT2D eigenvalue weighted by Crippen LogP contribution is -2.46. The number of hydrogen-bond donors (Lipinski definition) is 0. The van der Waals surface area contributed by atoms with E-state index in [1.54, 1.807) is 19.2 Å². The summed E-state index contributed by atoms with van der Waals surface area (Å²) in [5.41, 5.74) is 3.10. The number of nitrogens with zero attached hydrogens (tertiary/aromatic N) is 3. The Morgan fingerprint density at radius 3 is 2.31 bits per heavy atom. The van der Waals surface area contributed by atoms with Crippen LogP contribution in [0.5, 0.6) is 0 Å². The zero-order valence-electron chi connectivity index (χ0n) is 16.8. The Bertz CT molecular complexity index is 994. The molecule has 0 bridgehead atoms. The summed E-state index contributed by atoms with van der Waals surface area (Å²) in [6.45, 7) is 2.61. The van der Waals surface area contributed by atoms with Crippen LogP contribution >= 0.6 is 0 Å². The summed E-state index contributed by atoms with van der Waals surface area (Å²) in [4.78, 5) is 12.5. The molecule has 0 radical (unpaired) electrons. The van der Waals surface area contributed by atoms with E-state index in [4.69, 9.17) is 0 Å². The highest BCUT2D eigenvalue weighted by atomic mass is 32.2. The fourth-order valence-electron chi connectivity index (χ4n) is 4.25. The lowest BCUT2D eigenvalue weighted by Gasteiger charge is -2.32. The van der Waals surface area contributed by atoms with E-state index in [1.807, 2.05) is 24.4 Å². The summed E-state index contributed by atoms with van der Waals surface area (Å²) < 4.78 is 31.3. The minimum Gasteiger partial charge on any atom is -0.315 e. The van der Waals surface area contributed by atoms with Gasteiger partial charge < -0.3 is 4.57 Å². The molecular formula is C22H29N3O3S. The van der Waals surface area contributed by atoms with Crippen LogP contribution in [0.4, 0.5) is 0 Å². The highest BCUT2D eigenvalue weighted by molar-refractivity contribution is 7.86. The summed E-state index contributed by atoms with van der Waals surface area (Å²) in [5, 5.41) is 0. The third-order valence-electron chi connectivity index (χ3n) is 5.98. The summed E-state index contributed by atoms with van der Waals surface area (Å²) in [7, 11) is -3.45. The largest absolute Gasteiger partial charge is 0.315 e. The van der Waals surface area contributed by atoms with Crippen molar-refractivity contribution in [2.45, 2.75) is 51.6 Å². The lowest BCUT2D eigenvalue weighted by atomic mass is 10.0. The standard InChI is InChI=1S/C22H29N3O3S/c26-22-16-20-11-15-25(29(27,28)24-12-6-1-2-7-13-24)18-21(20)17-23(22)14-10-19-8-4-3-5-9-19/h3-5,8-9,16-17H,1-2,6-7,10-15,18H2. The molecule has 1 saturated heterocycles. The molecule has 6 nitrogen and oxygen atoms in total. The summed E-state index contributed by atoms with van der Waals surface area (Å²) >= 11 is 0. The van der Waals surface area contributed by atoms with Crippen LogP contribution in [0.25, 0.3) is 0 Å². The number of aryl methyl sites for hydroxylation is 2. The van der Waals surface area contributed by atoms with Crippen LogP contribution in [0.1, 0.15) is 42.4 Å². The summed E-state index contributed by atoms with van der Waals surface area (Å²) in [6.07, 6.45) is 7.30.